The smallest absolute Gasteiger partial charge is 0.246 e. The molecule has 7 heteroatoms. The molecule has 0 bridgehead atoms. The Balaban J connectivity index is 1.98. The third-order valence-electron chi connectivity index (χ3n) is 3.42. The van der Waals surface area contributed by atoms with Crippen molar-refractivity contribution >= 4 is 22.0 Å². The monoisotopic (exact) mass is 312 g/mol. The Morgan fingerprint density at radius 2 is 2.33 bits per heavy atom. The number of sulfonamides is 1. The van der Waals surface area contributed by atoms with E-state index in [1.807, 2.05) is 0 Å². The van der Waals surface area contributed by atoms with E-state index in [4.69, 9.17) is 4.42 Å². The van der Waals surface area contributed by atoms with Crippen molar-refractivity contribution in [3.8, 4) is 0 Å². The van der Waals surface area contributed by atoms with Crippen molar-refractivity contribution in [3.05, 3.63) is 30.2 Å². The summed E-state index contributed by atoms with van der Waals surface area (Å²) in [5.41, 5.74) is 0. The van der Waals surface area contributed by atoms with Crippen molar-refractivity contribution in [1.29, 1.82) is 0 Å². The van der Waals surface area contributed by atoms with Crippen molar-refractivity contribution in [3.63, 3.8) is 0 Å². The highest BCUT2D eigenvalue weighted by Gasteiger charge is 2.25. The molecule has 1 amide bonds. The third kappa shape index (κ3) is 5.02. The predicted octanol–water partition coefficient (Wildman–Crippen LogP) is 1.22. The fourth-order valence-electron chi connectivity index (χ4n) is 2.39. The van der Waals surface area contributed by atoms with Gasteiger partial charge in [-0.3, -0.25) is 4.79 Å². The van der Waals surface area contributed by atoms with Gasteiger partial charge in [0.2, 0.25) is 15.9 Å². The van der Waals surface area contributed by atoms with Crippen LogP contribution in [0.4, 0.5) is 0 Å². The molecule has 1 aromatic rings. The van der Waals surface area contributed by atoms with Crippen LogP contribution in [-0.2, 0) is 14.8 Å². The highest BCUT2D eigenvalue weighted by molar-refractivity contribution is 7.88. The molecule has 2 rings (SSSR count). The molecule has 116 valence electrons. The zero-order chi connectivity index (χ0) is 15.3. The largest absolute Gasteiger partial charge is 0.465 e. The number of rotatable bonds is 5. The number of likely N-dealkylation sites (tertiary alicyclic amines) is 1. The number of furan rings is 1. The standard InChI is InChI=1S/C14H20N2O4S/c1-21(18,19)15-11-12-5-2-3-9-16(12)14(17)8-7-13-6-4-10-20-13/h4,6-8,10,12,15H,2-3,5,9,11H2,1H3/b8-7+/t12-/m1/s1. The van der Waals surface area contributed by atoms with Gasteiger partial charge >= 0.3 is 0 Å². The summed E-state index contributed by atoms with van der Waals surface area (Å²) in [6.07, 6.45) is 8.51. The lowest BCUT2D eigenvalue weighted by Gasteiger charge is -2.35. The Hall–Kier alpha value is -1.60. The summed E-state index contributed by atoms with van der Waals surface area (Å²) in [6.45, 7) is 0.913. The summed E-state index contributed by atoms with van der Waals surface area (Å²) in [7, 11) is -3.24. The summed E-state index contributed by atoms with van der Waals surface area (Å²) < 4.78 is 30.0. The normalized spacial score (nSPS) is 20.0. The van der Waals surface area contributed by atoms with E-state index in [1.54, 1.807) is 29.4 Å². The van der Waals surface area contributed by atoms with E-state index in [-0.39, 0.29) is 18.5 Å². The summed E-state index contributed by atoms with van der Waals surface area (Å²) in [5.74, 6) is 0.498. The molecule has 1 N–H and O–H groups in total. The second kappa shape index (κ2) is 6.91. The second-order valence-electron chi connectivity index (χ2n) is 5.15. The Kier molecular flexibility index (Phi) is 5.19. The van der Waals surface area contributed by atoms with Crippen LogP contribution in [-0.4, -0.2) is 44.6 Å². The molecular formula is C14H20N2O4S. The number of hydrogen-bond acceptors (Lipinski definition) is 4. The molecule has 1 atom stereocenters. The maximum atomic E-state index is 12.2. The molecule has 0 radical (unpaired) electrons. The molecule has 2 heterocycles. The SMILES string of the molecule is CS(=O)(=O)NC[C@H]1CCCCN1C(=O)/C=C/c1ccco1. The van der Waals surface area contributed by atoms with Crippen molar-refractivity contribution < 1.29 is 17.6 Å². The van der Waals surface area contributed by atoms with Crippen LogP contribution in [0, 0.1) is 0 Å². The molecule has 21 heavy (non-hydrogen) atoms. The van der Waals surface area contributed by atoms with Crippen LogP contribution in [0.1, 0.15) is 25.0 Å². The molecule has 0 unspecified atom stereocenters. The van der Waals surface area contributed by atoms with E-state index in [9.17, 15) is 13.2 Å². The zero-order valence-electron chi connectivity index (χ0n) is 12.0. The number of nitrogens with one attached hydrogen (secondary N) is 1. The number of hydrogen-bond donors (Lipinski definition) is 1. The first-order chi connectivity index (χ1) is 9.96. The number of piperidine rings is 1. The molecule has 1 aromatic heterocycles. The maximum absolute atomic E-state index is 12.2. The highest BCUT2D eigenvalue weighted by atomic mass is 32.2. The van der Waals surface area contributed by atoms with Crippen LogP contribution in [0.2, 0.25) is 0 Å². The lowest BCUT2D eigenvalue weighted by molar-refractivity contribution is -0.129. The number of nitrogens with zero attached hydrogens (tertiary/aromatic N) is 1. The van der Waals surface area contributed by atoms with Crippen LogP contribution in [0.3, 0.4) is 0 Å². The van der Waals surface area contributed by atoms with Crippen LogP contribution in [0.5, 0.6) is 0 Å². The molecule has 1 fully saturated rings. The molecule has 6 nitrogen and oxygen atoms in total. The van der Waals surface area contributed by atoms with Gasteiger partial charge in [-0.2, -0.15) is 0 Å². The van der Waals surface area contributed by atoms with Crippen molar-refractivity contribution in [2.24, 2.45) is 0 Å². The summed E-state index contributed by atoms with van der Waals surface area (Å²) in [5, 5.41) is 0. The van der Waals surface area contributed by atoms with Crippen LogP contribution >= 0.6 is 0 Å². The third-order valence-corrected chi connectivity index (χ3v) is 4.12. The Morgan fingerprint density at radius 3 is 3.00 bits per heavy atom. The van der Waals surface area contributed by atoms with E-state index in [0.717, 1.165) is 25.5 Å². The van der Waals surface area contributed by atoms with Gasteiger partial charge in [-0.05, 0) is 37.5 Å². The lowest BCUT2D eigenvalue weighted by atomic mass is 10.0. The Bertz CT molecular complexity index is 593. The lowest BCUT2D eigenvalue weighted by Crippen LogP contribution is -2.48. The van der Waals surface area contributed by atoms with Gasteiger partial charge in [0.1, 0.15) is 5.76 Å². The summed E-state index contributed by atoms with van der Waals surface area (Å²) in [6, 6.07) is 3.43. The Morgan fingerprint density at radius 1 is 1.52 bits per heavy atom. The van der Waals surface area contributed by atoms with Crippen LogP contribution in [0.25, 0.3) is 6.08 Å². The molecule has 0 spiro atoms. The first kappa shape index (κ1) is 15.8. The van der Waals surface area contributed by atoms with Gasteiger partial charge in [0, 0.05) is 25.2 Å². The number of amides is 1. The van der Waals surface area contributed by atoms with Crippen molar-refractivity contribution in [2.75, 3.05) is 19.3 Å². The molecule has 1 saturated heterocycles. The number of carbonyl (C=O) groups excluding carboxylic acids is 1. The molecule has 0 saturated carbocycles. The van der Waals surface area contributed by atoms with E-state index in [2.05, 4.69) is 4.72 Å². The van der Waals surface area contributed by atoms with Gasteiger partial charge in [0.15, 0.2) is 0 Å². The van der Waals surface area contributed by atoms with Gasteiger partial charge in [-0.15, -0.1) is 0 Å². The van der Waals surface area contributed by atoms with Gasteiger partial charge in [0.25, 0.3) is 0 Å². The fourth-order valence-corrected chi connectivity index (χ4v) is 2.88. The van der Waals surface area contributed by atoms with Crippen molar-refractivity contribution in [2.45, 2.75) is 25.3 Å². The zero-order valence-corrected chi connectivity index (χ0v) is 12.8. The molecule has 0 aromatic carbocycles. The average molecular weight is 312 g/mol. The average Bonchev–Trinajstić information content (AvgIpc) is 2.95. The van der Waals surface area contributed by atoms with Crippen LogP contribution < -0.4 is 4.72 Å². The topological polar surface area (TPSA) is 79.6 Å². The van der Waals surface area contributed by atoms with Gasteiger partial charge in [0.05, 0.1) is 12.5 Å². The molecule has 1 aliphatic heterocycles. The summed E-state index contributed by atoms with van der Waals surface area (Å²) in [4.78, 5) is 14.0. The Labute approximate surface area is 124 Å². The minimum Gasteiger partial charge on any atom is -0.465 e. The highest BCUT2D eigenvalue weighted by Crippen LogP contribution is 2.17. The minimum atomic E-state index is -3.24. The molecule has 0 aliphatic carbocycles. The van der Waals surface area contributed by atoms with E-state index >= 15 is 0 Å². The van der Waals surface area contributed by atoms with E-state index in [0.29, 0.717) is 12.3 Å². The minimum absolute atomic E-state index is 0.0952. The van der Waals surface area contributed by atoms with Crippen molar-refractivity contribution in [1.82, 2.24) is 9.62 Å². The molecule has 1 aliphatic rings. The second-order valence-corrected chi connectivity index (χ2v) is 6.98. The maximum Gasteiger partial charge on any atom is 0.246 e. The molecular weight excluding hydrogens is 292 g/mol. The van der Waals surface area contributed by atoms with Crippen LogP contribution in [0.15, 0.2) is 28.9 Å². The first-order valence-electron chi connectivity index (χ1n) is 6.92. The predicted molar refractivity (Wildman–Crippen MR) is 79.9 cm³/mol. The fraction of sp³-hybridized carbons (Fsp3) is 0.500. The quantitative estimate of drug-likeness (QED) is 0.829. The van der Waals surface area contributed by atoms with Gasteiger partial charge in [-0.25, -0.2) is 13.1 Å². The first-order valence-corrected chi connectivity index (χ1v) is 8.82. The summed E-state index contributed by atoms with van der Waals surface area (Å²) >= 11 is 0. The van der Waals surface area contributed by atoms with E-state index < -0.39 is 10.0 Å². The number of carbonyl (C=O) groups is 1. The van der Waals surface area contributed by atoms with Gasteiger partial charge in [-0.1, -0.05) is 0 Å². The van der Waals surface area contributed by atoms with Gasteiger partial charge < -0.3 is 9.32 Å². The van der Waals surface area contributed by atoms with E-state index in [1.165, 1.54) is 6.08 Å².